The highest BCUT2D eigenvalue weighted by atomic mass is 16.7. The van der Waals surface area contributed by atoms with Crippen LogP contribution in [0.4, 0.5) is 0 Å². The van der Waals surface area contributed by atoms with Gasteiger partial charge < -0.3 is 29.5 Å². The van der Waals surface area contributed by atoms with E-state index in [0.29, 0.717) is 24.4 Å². The molecule has 0 amide bonds. The van der Waals surface area contributed by atoms with Crippen molar-refractivity contribution in [2.45, 2.75) is 150 Å². The van der Waals surface area contributed by atoms with E-state index in [-0.39, 0.29) is 40.3 Å². The van der Waals surface area contributed by atoms with Crippen LogP contribution in [0.25, 0.3) is 0 Å². The number of aliphatic hydroxyl groups is 3. The smallest absolute Gasteiger partial charge is 0.302 e. The van der Waals surface area contributed by atoms with Gasteiger partial charge in [0, 0.05) is 12.3 Å². The van der Waals surface area contributed by atoms with Crippen molar-refractivity contribution in [3.05, 3.63) is 22.8 Å². The summed E-state index contributed by atoms with van der Waals surface area (Å²) in [4.78, 5) is 12.0. The van der Waals surface area contributed by atoms with Gasteiger partial charge in [-0.2, -0.15) is 0 Å². The van der Waals surface area contributed by atoms with Crippen LogP contribution in [0.3, 0.4) is 0 Å². The Morgan fingerprint density at radius 1 is 0.955 bits per heavy atom. The molecular formula is C37H60O7. The van der Waals surface area contributed by atoms with E-state index < -0.39 is 24.6 Å². The fraction of sp³-hybridized carbons (Fsp3) is 0.865. The van der Waals surface area contributed by atoms with Crippen LogP contribution in [0.5, 0.6) is 0 Å². The van der Waals surface area contributed by atoms with Crippen LogP contribution in [0.1, 0.15) is 120 Å². The maximum Gasteiger partial charge on any atom is 0.302 e. The second kappa shape index (κ2) is 12.4. The third kappa shape index (κ3) is 5.65. The molecule has 44 heavy (non-hydrogen) atoms. The molecule has 3 fully saturated rings. The first-order chi connectivity index (χ1) is 20.6. The van der Waals surface area contributed by atoms with Crippen molar-refractivity contribution in [1.29, 1.82) is 0 Å². The van der Waals surface area contributed by atoms with Crippen LogP contribution in [0, 0.1) is 39.4 Å². The van der Waals surface area contributed by atoms with Gasteiger partial charge in [-0.25, -0.2) is 0 Å². The minimum Gasteiger partial charge on any atom is -0.462 e. The van der Waals surface area contributed by atoms with Crippen LogP contribution >= 0.6 is 0 Å². The Morgan fingerprint density at radius 3 is 2.36 bits per heavy atom. The summed E-state index contributed by atoms with van der Waals surface area (Å²) >= 11 is 0. The van der Waals surface area contributed by atoms with Crippen molar-refractivity contribution in [2.24, 2.45) is 39.4 Å². The number of fused-ring (bicyclic) bond motifs is 4. The second-order valence-electron chi connectivity index (χ2n) is 16.5. The van der Waals surface area contributed by atoms with E-state index in [4.69, 9.17) is 14.2 Å². The number of carbonyl (C=O) groups is 1. The monoisotopic (exact) mass is 616 g/mol. The van der Waals surface area contributed by atoms with Crippen LogP contribution in [0.2, 0.25) is 0 Å². The van der Waals surface area contributed by atoms with Gasteiger partial charge in [-0.3, -0.25) is 4.79 Å². The number of hydrogen-bond acceptors (Lipinski definition) is 7. The molecule has 7 nitrogen and oxygen atoms in total. The molecule has 4 aliphatic carbocycles. The standard InChI is InChI=1S/C37H60O7/c1-22(2)10-9-11-24(20-42-33-32(41)31(40)28(39)21-43-33)25-14-18-37(8)27-12-13-29-34(4,5)30(44-23(3)38)16-17-35(29,6)26(27)15-19-36(25,37)7/h10,24-25,28-33,39-41H,9,11-21H2,1-8H3/t24-,25+,28+,29+,30+,31+,32+,33-,35+,36+,37-/m0/s1. The SMILES string of the molecule is CC(=O)O[C@@H]1CC[C@]2(C)C3=C(CC[C@@H]2C1(C)C)[C@]1(C)CC[C@H]([C@@H](CCC=C(C)C)CO[C@H]2OC[C@@H](O)[C@@H](O)[C@H]2O)[C@@]1(C)CC3. The average molecular weight is 617 g/mol. The quantitative estimate of drug-likeness (QED) is 0.212. The summed E-state index contributed by atoms with van der Waals surface area (Å²) in [6, 6.07) is 0. The van der Waals surface area contributed by atoms with Gasteiger partial charge in [-0.1, -0.05) is 57.4 Å². The minimum absolute atomic E-state index is 0.0156. The topological polar surface area (TPSA) is 105 Å². The van der Waals surface area contributed by atoms with Crippen LogP contribution in [0.15, 0.2) is 22.8 Å². The number of hydrogen-bond donors (Lipinski definition) is 3. The number of allylic oxidation sites excluding steroid dienone is 4. The number of carbonyl (C=O) groups excluding carboxylic acids is 1. The summed E-state index contributed by atoms with van der Waals surface area (Å²) in [7, 11) is 0. The highest BCUT2D eigenvalue weighted by Gasteiger charge is 2.64. The van der Waals surface area contributed by atoms with Crippen molar-refractivity contribution in [1.82, 2.24) is 0 Å². The van der Waals surface area contributed by atoms with Gasteiger partial charge in [0.25, 0.3) is 0 Å². The van der Waals surface area contributed by atoms with E-state index in [1.165, 1.54) is 12.0 Å². The largest absolute Gasteiger partial charge is 0.462 e. The molecule has 0 spiro atoms. The van der Waals surface area contributed by atoms with Gasteiger partial charge in [0.15, 0.2) is 6.29 Å². The summed E-state index contributed by atoms with van der Waals surface area (Å²) in [6.45, 7) is 18.5. The molecular weight excluding hydrogens is 556 g/mol. The molecule has 1 aliphatic heterocycles. The molecule has 0 radical (unpaired) electrons. The van der Waals surface area contributed by atoms with Crippen molar-refractivity contribution >= 4 is 5.97 Å². The van der Waals surface area contributed by atoms with E-state index in [1.807, 2.05) is 0 Å². The Bertz CT molecular complexity index is 1140. The molecule has 1 saturated heterocycles. The van der Waals surface area contributed by atoms with Crippen molar-refractivity contribution in [3.8, 4) is 0 Å². The zero-order valence-electron chi connectivity index (χ0n) is 28.7. The Balaban J connectivity index is 1.40. The molecule has 0 unspecified atom stereocenters. The molecule has 2 saturated carbocycles. The Labute approximate surface area is 265 Å². The van der Waals surface area contributed by atoms with Gasteiger partial charge >= 0.3 is 5.97 Å². The van der Waals surface area contributed by atoms with Crippen LogP contribution < -0.4 is 0 Å². The lowest BCUT2D eigenvalue weighted by Crippen LogP contribution is -2.56. The summed E-state index contributed by atoms with van der Waals surface area (Å²) in [6.07, 6.45) is 8.65. The summed E-state index contributed by atoms with van der Waals surface area (Å²) in [5.74, 6) is 1.11. The Morgan fingerprint density at radius 2 is 1.68 bits per heavy atom. The number of rotatable bonds is 8. The highest BCUT2D eigenvalue weighted by molar-refractivity contribution is 5.66. The molecule has 0 aromatic rings. The van der Waals surface area contributed by atoms with E-state index in [2.05, 4.69) is 54.5 Å². The highest BCUT2D eigenvalue weighted by Crippen LogP contribution is 2.72. The van der Waals surface area contributed by atoms with Gasteiger partial charge in [-0.05, 0) is 112 Å². The van der Waals surface area contributed by atoms with Gasteiger partial charge in [0.1, 0.15) is 24.4 Å². The third-order valence-corrected chi connectivity index (χ3v) is 13.7. The minimum atomic E-state index is -1.26. The fourth-order valence-electron chi connectivity index (χ4n) is 11.0. The molecule has 0 bridgehead atoms. The van der Waals surface area contributed by atoms with Crippen molar-refractivity contribution in [2.75, 3.05) is 13.2 Å². The van der Waals surface area contributed by atoms with E-state index >= 15 is 0 Å². The fourth-order valence-corrected chi connectivity index (χ4v) is 11.0. The maximum absolute atomic E-state index is 12.0. The lowest BCUT2D eigenvalue weighted by atomic mass is 9.43. The zero-order chi connectivity index (χ0) is 32.2. The van der Waals surface area contributed by atoms with Crippen LogP contribution in [-0.2, 0) is 19.0 Å². The van der Waals surface area contributed by atoms with E-state index in [1.54, 1.807) is 18.1 Å². The first kappa shape index (κ1) is 34.1. The van der Waals surface area contributed by atoms with E-state index in [0.717, 1.165) is 57.8 Å². The first-order valence-electron chi connectivity index (χ1n) is 17.4. The summed E-state index contributed by atoms with van der Waals surface area (Å²) in [5, 5.41) is 30.7. The molecule has 5 aliphatic rings. The molecule has 7 heteroatoms. The lowest BCUT2D eigenvalue weighted by molar-refractivity contribution is -0.274. The van der Waals surface area contributed by atoms with E-state index in [9.17, 15) is 20.1 Å². The average Bonchev–Trinajstić information content (AvgIpc) is 3.22. The Kier molecular flexibility index (Phi) is 9.61. The molecule has 0 aromatic carbocycles. The van der Waals surface area contributed by atoms with Gasteiger partial charge in [0.05, 0.1) is 13.2 Å². The van der Waals surface area contributed by atoms with Gasteiger partial charge in [-0.15, -0.1) is 0 Å². The predicted molar refractivity (Wildman–Crippen MR) is 170 cm³/mol. The van der Waals surface area contributed by atoms with Gasteiger partial charge in [0.2, 0.25) is 0 Å². The maximum atomic E-state index is 12.0. The third-order valence-electron chi connectivity index (χ3n) is 13.7. The number of esters is 1. The molecule has 0 aromatic heterocycles. The van der Waals surface area contributed by atoms with Crippen LogP contribution in [-0.4, -0.2) is 65.2 Å². The second-order valence-corrected chi connectivity index (χ2v) is 16.5. The number of ether oxygens (including phenoxy) is 3. The molecule has 5 rings (SSSR count). The molecule has 11 atom stereocenters. The summed E-state index contributed by atoms with van der Waals surface area (Å²) < 4.78 is 17.8. The molecule has 250 valence electrons. The first-order valence-corrected chi connectivity index (χ1v) is 17.4. The van der Waals surface area contributed by atoms with Crippen molar-refractivity contribution in [3.63, 3.8) is 0 Å². The lowest BCUT2D eigenvalue weighted by Gasteiger charge is -2.62. The zero-order valence-corrected chi connectivity index (χ0v) is 28.7. The predicted octanol–water partition coefficient (Wildman–Crippen LogP) is 6.49. The number of aliphatic hydroxyl groups excluding tert-OH is 3. The molecule has 3 N–H and O–H groups in total. The summed E-state index contributed by atoms with van der Waals surface area (Å²) in [5.41, 5.74) is 5.11. The van der Waals surface area contributed by atoms with Crippen molar-refractivity contribution < 1.29 is 34.3 Å². The Hall–Kier alpha value is -1.25. The normalized spacial score (nSPS) is 43.8. The molecule has 1 heterocycles.